The number of benzene rings is 2. The maximum atomic E-state index is 12.7. The van der Waals surface area contributed by atoms with Crippen molar-refractivity contribution in [2.75, 3.05) is 6.61 Å². The number of nitrogens with zero attached hydrogens (tertiary/aromatic N) is 1. The summed E-state index contributed by atoms with van der Waals surface area (Å²) < 4.78 is 36.0. The summed E-state index contributed by atoms with van der Waals surface area (Å²) in [5, 5.41) is 0. The highest BCUT2D eigenvalue weighted by Gasteiger charge is 2.20. The molecule has 0 saturated carbocycles. The fourth-order valence-corrected chi connectivity index (χ4v) is 5.28. The third-order valence-electron chi connectivity index (χ3n) is 4.29. The van der Waals surface area contributed by atoms with Crippen LogP contribution in [0.5, 0.6) is 5.75 Å². The molecule has 1 N–H and O–H groups in total. The molecule has 3 rings (SSSR count). The molecular weight excluding hydrogens is 396 g/mol. The van der Waals surface area contributed by atoms with Crippen molar-refractivity contribution in [2.45, 2.75) is 44.7 Å². The summed E-state index contributed by atoms with van der Waals surface area (Å²) in [6.07, 6.45) is 0. The van der Waals surface area contributed by atoms with Crippen molar-refractivity contribution in [3.63, 3.8) is 0 Å². The normalized spacial score (nSPS) is 13.2. The number of sulfonamides is 1. The highest BCUT2D eigenvalue weighted by Crippen LogP contribution is 2.24. The molecule has 1 heterocycles. The minimum atomic E-state index is -3.72. The Kier molecular flexibility index (Phi) is 5.92. The lowest BCUT2D eigenvalue weighted by Gasteiger charge is -2.15. The Hall–Kier alpha value is -2.16. The van der Waals surface area contributed by atoms with Crippen LogP contribution in [0.3, 0.4) is 0 Å². The Bertz CT molecular complexity index is 1130. The van der Waals surface area contributed by atoms with Gasteiger partial charge in [-0.15, -0.1) is 0 Å². The molecule has 0 aliphatic carbocycles. The Morgan fingerprint density at radius 3 is 2.43 bits per heavy atom. The van der Waals surface area contributed by atoms with E-state index in [1.54, 1.807) is 23.6 Å². The number of hydrogen-bond acceptors (Lipinski definition) is 5. The molecule has 0 aliphatic heterocycles. The first kappa shape index (κ1) is 20.6. The molecule has 0 saturated heterocycles. The van der Waals surface area contributed by atoms with E-state index in [0.29, 0.717) is 10.4 Å². The van der Waals surface area contributed by atoms with Gasteiger partial charge in [-0.1, -0.05) is 29.0 Å². The lowest BCUT2D eigenvalue weighted by molar-refractivity contribution is 0.287. The SMILES string of the molecule is Cc1ccc(OCC(C)NS(=O)(=O)c2ccc3c(c2)sc(=O)n3C(C)C)cc1. The van der Waals surface area contributed by atoms with Crippen molar-refractivity contribution >= 4 is 31.6 Å². The molecule has 0 spiro atoms. The summed E-state index contributed by atoms with van der Waals surface area (Å²) >= 11 is 1.06. The van der Waals surface area contributed by atoms with E-state index in [1.165, 1.54) is 6.07 Å². The fourth-order valence-electron chi connectivity index (χ4n) is 2.90. The summed E-state index contributed by atoms with van der Waals surface area (Å²) in [7, 11) is -3.72. The predicted molar refractivity (Wildman–Crippen MR) is 113 cm³/mol. The van der Waals surface area contributed by atoms with Crippen molar-refractivity contribution in [1.82, 2.24) is 9.29 Å². The van der Waals surface area contributed by atoms with Crippen LogP contribution in [-0.2, 0) is 10.0 Å². The molecule has 0 fully saturated rings. The van der Waals surface area contributed by atoms with Crippen LogP contribution in [-0.4, -0.2) is 25.6 Å². The zero-order chi connectivity index (χ0) is 20.5. The second kappa shape index (κ2) is 8.06. The zero-order valence-electron chi connectivity index (χ0n) is 16.3. The van der Waals surface area contributed by atoms with Crippen LogP contribution in [0.2, 0.25) is 0 Å². The van der Waals surface area contributed by atoms with E-state index in [-0.39, 0.29) is 22.4 Å². The van der Waals surface area contributed by atoms with Gasteiger partial charge in [-0.2, -0.15) is 0 Å². The van der Waals surface area contributed by atoms with Gasteiger partial charge in [-0.05, 0) is 58.0 Å². The van der Waals surface area contributed by atoms with E-state index in [2.05, 4.69) is 4.72 Å². The molecule has 6 nitrogen and oxygen atoms in total. The van der Waals surface area contributed by atoms with E-state index in [0.717, 1.165) is 22.4 Å². The first-order chi connectivity index (χ1) is 13.2. The molecule has 8 heteroatoms. The van der Waals surface area contributed by atoms with Crippen molar-refractivity contribution in [1.29, 1.82) is 0 Å². The highest BCUT2D eigenvalue weighted by atomic mass is 32.2. The van der Waals surface area contributed by atoms with Crippen molar-refractivity contribution < 1.29 is 13.2 Å². The van der Waals surface area contributed by atoms with Crippen molar-refractivity contribution in [3.05, 3.63) is 57.7 Å². The Morgan fingerprint density at radius 1 is 1.11 bits per heavy atom. The number of nitrogens with one attached hydrogen (secondary N) is 1. The van der Waals surface area contributed by atoms with Crippen LogP contribution in [0, 0.1) is 6.92 Å². The van der Waals surface area contributed by atoms with Gasteiger partial charge < -0.3 is 4.74 Å². The monoisotopic (exact) mass is 420 g/mol. The van der Waals surface area contributed by atoms with E-state index in [1.807, 2.05) is 45.0 Å². The number of rotatable bonds is 7. The van der Waals surface area contributed by atoms with Gasteiger partial charge in [0.05, 0.1) is 21.2 Å². The average molecular weight is 421 g/mol. The molecule has 1 aromatic heterocycles. The van der Waals surface area contributed by atoms with Gasteiger partial charge in [0.2, 0.25) is 10.0 Å². The molecule has 1 atom stereocenters. The highest BCUT2D eigenvalue weighted by molar-refractivity contribution is 7.89. The minimum Gasteiger partial charge on any atom is -0.492 e. The summed E-state index contributed by atoms with van der Waals surface area (Å²) in [4.78, 5) is 12.2. The van der Waals surface area contributed by atoms with Gasteiger partial charge in [-0.25, -0.2) is 13.1 Å². The number of fused-ring (bicyclic) bond motifs is 1. The largest absolute Gasteiger partial charge is 0.492 e. The molecule has 0 radical (unpaired) electrons. The summed E-state index contributed by atoms with van der Waals surface area (Å²) in [5.74, 6) is 0.692. The maximum absolute atomic E-state index is 12.7. The first-order valence-electron chi connectivity index (χ1n) is 9.04. The van der Waals surface area contributed by atoms with Crippen LogP contribution in [0.4, 0.5) is 0 Å². The topological polar surface area (TPSA) is 77.4 Å². The number of aryl methyl sites for hydroxylation is 1. The van der Waals surface area contributed by atoms with Crippen LogP contribution in [0.15, 0.2) is 52.2 Å². The molecule has 0 bridgehead atoms. The van der Waals surface area contributed by atoms with Crippen molar-refractivity contribution in [2.24, 2.45) is 0 Å². The molecule has 3 aromatic rings. The van der Waals surface area contributed by atoms with Crippen LogP contribution in [0.1, 0.15) is 32.4 Å². The zero-order valence-corrected chi connectivity index (χ0v) is 17.9. The molecule has 2 aromatic carbocycles. The van der Waals surface area contributed by atoms with E-state index in [9.17, 15) is 13.2 Å². The van der Waals surface area contributed by atoms with Crippen molar-refractivity contribution in [3.8, 4) is 5.75 Å². The lowest BCUT2D eigenvalue weighted by atomic mass is 10.2. The third kappa shape index (κ3) is 4.45. The van der Waals surface area contributed by atoms with Gasteiger partial charge in [0.25, 0.3) is 0 Å². The maximum Gasteiger partial charge on any atom is 0.308 e. The number of hydrogen-bond donors (Lipinski definition) is 1. The lowest BCUT2D eigenvalue weighted by Crippen LogP contribution is -2.36. The van der Waals surface area contributed by atoms with Crippen LogP contribution in [0.25, 0.3) is 10.2 Å². The van der Waals surface area contributed by atoms with Gasteiger partial charge in [-0.3, -0.25) is 9.36 Å². The quantitative estimate of drug-likeness (QED) is 0.632. The third-order valence-corrected chi connectivity index (χ3v) is 6.79. The van der Waals surface area contributed by atoms with E-state index < -0.39 is 16.1 Å². The van der Waals surface area contributed by atoms with Gasteiger partial charge in [0, 0.05) is 6.04 Å². The Morgan fingerprint density at radius 2 is 1.79 bits per heavy atom. The first-order valence-corrected chi connectivity index (χ1v) is 11.3. The molecule has 0 aliphatic rings. The molecule has 28 heavy (non-hydrogen) atoms. The van der Waals surface area contributed by atoms with Gasteiger partial charge in [0.1, 0.15) is 12.4 Å². The fraction of sp³-hybridized carbons (Fsp3) is 0.350. The minimum absolute atomic E-state index is 0.0146. The summed E-state index contributed by atoms with van der Waals surface area (Å²) in [5.41, 5.74) is 1.88. The average Bonchev–Trinajstić information content (AvgIpc) is 2.96. The summed E-state index contributed by atoms with van der Waals surface area (Å²) in [6.45, 7) is 7.80. The second-order valence-electron chi connectivity index (χ2n) is 7.11. The number of ether oxygens (including phenoxy) is 1. The van der Waals surface area contributed by atoms with E-state index in [4.69, 9.17) is 4.74 Å². The van der Waals surface area contributed by atoms with Gasteiger partial charge in [0.15, 0.2) is 0 Å². The standard InChI is InChI=1S/C20H24N2O4S2/c1-13(2)22-18-10-9-17(11-19(18)27-20(22)23)28(24,25)21-15(4)12-26-16-7-5-14(3)6-8-16/h5-11,13,15,21H,12H2,1-4H3. The molecule has 1 unspecified atom stereocenters. The van der Waals surface area contributed by atoms with E-state index >= 15 is 0 Å². The van der Waals surface area contributed by atoms with Crippen LogP contribution < -0.4 is 14.3 Å². The Labute approximate surface area is 168 Å². The molecule has 0 amide bonds. The number of thiazole rings is 1. The summed E-state index contributed by atoms with van der Waals surface area (Å²) in [6, 6.07) is 12.0. The predicted octanol–water partition coefficient (Wildman–Crippen LogP) is 3.70. The molecular formula is C20H24N2O4S2. The second-order valence-corrected chi connectivity index (χ2v) is 9.81. The van der Waals surface area contributed by atoms with Gasteiger partial charge >= 0.3 is 4.87 Å². The number of aromatic nitrogens is 1. The molecule has 150 valence electrons. The smallest absolute Gasteiger partial charge is 0.308 e. The Balaban J connectivity index is 1.74. The van der Waals surface area contributed by atoms with Crippen LogP contribution >= 0.6 is 11.3 Å².